The van der Waals surface area contributed by atoms with E-state index >= 15 is 0 Å². The van der Waals surface area contributed by atoms with Crippen LogP contribution < -0.4 is 26.2 Å². The Bertz CT molecular complexity index is 2050. The normalized spacial score (nSPS) is 11.8. The Balaban J connectivity index is 1.32. The van der Waals surface area contributed by atoms with Gasteiger partial charge in [0.05, 0.1) is 23.2 Å². The van der Waals surface area contributed by atoms with E-state index in [4.69, 9.17) is 4.74 Å². The number of rotatable bonds is 12. The summed E-state index contributed by atoms with van der Waals surface area (Å²) < 4.78 is 8.95. The van der Waals surface area contributed by atoms with E-state index in [2.05, 4.69) is 16.0 Å². The summed E-state index contributed by atoms with van der Waals surface area (Å²) in [6.45, 7) is 5.82. The number of thioether (sulfide) groups is 1. The van der Waals surface area contributed by atoms with Crippen LogP contribution in [0.4, 0.5) is 11.4 Å². The third-order valence-electron chi connectivity index (χ3n) is 7.62. The minimum absolute atomic E-state index is 0.0196. The van der Waals surface area contributed by atoms with Gasteiger partial charge in [-0.05, 0) is 75.4 Å². The zero-order chi connectivity index (χ0) is 34.9. The summed E-state index contributed by atoms with van der Waals surface area (Å²) in [5.41, 5.74) is 2.70. The van der Waals surface area contributed by atoms with Gasteiger partial charge in [-0.2, -0.15) is 0 Å². The smallest absolute Gasteiger partial charge is 0.295 e. The largest absolute Gasteiger partial charge is 0.493 e. The second kappa shape index (κ2) is 15.9. The van der Waals surface area contributed by atoms with E-state index in [9.17, 15) is 19.2 Å². The molecule has 3 amide bonds. The molecule has 5 rings (SSSR count). The summed E-state index contributed by atoms with van der Waals surface area (Å²) in [6.07, 6.45) is 1.57. The number of amides is 3. The van der Waals surface area contributed by atoms with Crippen molar-refractivity contribution < 1.29 is 19.1 Å². The van der Waals surface area contributed by atoms with E-state index in [0.29, 0.717) is 45.4 Å². The molecule has 1 aromatic heterocycles. The molecule has 0 fully saturated rings. The van der Waals surface area contributed by atoms with Gasteiger partial charge in [0.15, 0.2) is 0 Å². The molecule has 0 radical (unpaired) electrons. The van der Waals surface area contributed by atoms with Gasteiger partial charge < -0.3 is 20.7 Å². The molecule has 1 atom stereocenters. The van der Waals surface area contributed by atoms with Crippen LogP contribution in [0.15, 0.2) is 125 Å². The molecule has 0 aliphatic carbocycles. The van der Waals surface area contributed by atoms with E-state index < -0.39 is 17.1 Å². The second-order valence-electron chi connectivity index (χ2n) is 11.0. The summed E-state index contributed by atoms with van der Waals surface area (Å²) in [6, 6.07) is 32.1. The van der Waals surface area contributed by atoms with Crippen LogP contribution in [0.1, 0.15) is 35.5 Å². The number of benzene rings is 4. The van der Waals surface area contributed by atoms with Crippen LogP contribution in [-0.2, 0) is 16.6 Å². The second-order valence-corrected chi connectivity index (χ2v) is 12.4. The molecule has 1 unspecified atom stereocenters. The van der Waals surface area contributed by atoms with Crippen molar-refractivity contribution in [2.24, 2.45) is 7.05 Å². The topological polar surface area (TPSA) is 123 Å². The minimum Gasteiger partial charge on any atom is -0.493 e. The highest BCUT2D eigenvalue weighted by Gasteiger charge is 2.22. The molecule has 10 nitrogen and oxygen atoms in total. The van der Waals surface area contributed by atoms with Gasteiger partial charge in [0.2, 0.25) is 5.91 Å². The maximum absolute atomic E-state index is 13.7. The fourth-order valence-corrected chi connectivity index (χ4v) is 5.95. The van der Waals surface area contributed by atoms with E-state index in [-0.39, 0.29) is 22.9 Å². The zero-order valence-corrected chi connectivity index (χ0v) is 28.4. The summed E-state index contributed by atoms with van der Waals surface area (Å²) in [7, 11) is 1.77. The van der Waals surface area contributed by atoms with E-state index in [1.807, 2.05) is 55.5 Å². The minimum atomic E-state index is -0.578. The highest BCUT2D eigenvalue weighted by molar-refractivity contribution is 8.00. The molecule has 0 saturated carbocycles. The predicted molar refractivity (Wildman–Crippen MR) is 194 cm³/mol. The van der Waals surface area contributed by atoms with Crippen LogP contribution in [-0.4, -0.2) is 38.9 Å². The van der Waals surface area contributed by atoms with E-state index in [1.54, 1.807) is 92.3 Å². The maximum Gasteiger partial charge on any atom is 0.295 e. The molecule has 0 spiro atoms. The Labute approximate surface area is 288 Å². The SMILES string of the molecule is CCOc1ccccc1/C=C(/NC(=O)c1ccccc1)C(=O)Nc1cccc(SC(C)C(=O)Nc2c(C)n(C)n(-c3ccccc3)c2=O)c1. The average Bonchev–Trinajstić information content (AvgIpc) is 3.32. The lowest BCUT2D eigenvalue weighted by atomic mass is 10.1. The standard InChI is InChI=1S/C38H37N5O5S/c1-5-48-33-22-13-12-17-28(33)23-32(40-36(45)27-15-8-6-9-16-27)37(46)39-29-18-14-21-31(24-29)49-26(3)35(44)41-34-25(2)42(4)43(38(34)47)30-19-10-7-11-20-30/h6-24,26H,5H2,1-4H3,(H,39,46)(H,40,45)(H,41,44)/b32-23+. The van der Waals surface area contributed by atoms with Crippen LogP contribution in [0, 0.1) is 6.92 Å². The van der Waals surface area contributed by atoms with Crippen molar-refractivity contribution in [2.75, 3.05) is 17.2 Å². The van der Waals surface area contributed by atoms with Crippen LogP contribution in [0.25, 0.3) is 11.8 Å². The molecule has 11 heteroatoms. The van der Waals surface area contributed by atoms with E-state index in [1.165, 1.54) is 16.4 Å². The molecule has 0 aliphatic rings. The molecular formula is C38H37N5O5S. The fraction of sp³-hybridized carbons (Fsp3) is 0.158. The summed E-state index contributed by atoms with van der Waals surface area (Å²) >= 11 is 1.28. The van der Waals surface area contributed by atoms with Gasteiger partial charge in [0, 0.05) is 28.8 Å². The molecule has 1 heterocycles. The van der Waals surface area contributed by atoms with Crippen molar-refractivity contribution in [1.29, 1.82) is 0 Å². The van der Waals surface area contributed by atoms with Gasteiger partial charge in [-0.1, -0.05) is 60.7 Å². The summed E-state index contributed by atoms with van der Waals surface area (Å²) in [5.74, 6) is -0.756. The van der Waals surface area contributed by atoms with Gasteiger partial charge >= 0.3 is 0 Å². The quantitative estimate of drug-likeness (QED) is 0.104. The molecule has 5 aromatic rings. The van der Waals surface area contributed by atoms with Crippen LogP contribution in [0.2, 0.25) is 0 Å². The van der Waals surface area contributed by atoms with Crippen LogP contribution >= 0.6 is 11.8 Å². The number of para-hydroxylation sites is 2. The highest BCUT2D eigenvalue weighted by Crippen LogP contribution is 2.28. The van der Waals surface area contributed by atoms with Gasteiger partial charge in [-0.25, -0.2) is 4.68 Å². The average molecular weight is 676 g/mol. The Kier molecular flexibility index (Phi) is 11.2. The zero-order valence-electron chi connectivity index (χ0n) is 27.6. The number of anilines is 2. The first-order valence-corrected chi connectivity index (χ1v) is 16.6. The van der Waals surface area contributed by atoms with Gasteiger partial charge in [0.1, 0.15) is 17.1 Å². The fourth-order valence-electron chi connectivity index (χ4n) is 5.02. The van der Waals surface area contributed by atoms with Crippen molar-refractivity contribution >= 4 is 46.9 Å². The number of nitrogens with one attached hydrogen (secondary N) is 3. The van der Waals surface area contributed by atoms with Crippen LogP contribution in [0.5, 0.6) is 5.75 Å². The number of nitrogens with zero attached hydrogens (tertiary/aromatic N) is 2. The van der Waals surface area contributed by atoms with Gasteiger partial charge in [0.25, 0.3) is 17.4 Å². The molecule has 0 saturated heterocycles. The van der Waals surface area contributed by atoms with Crippen molar-refractivity contribution in [2.45, 2.75) is 30.9 Å². The Morgan fingerprint density at radius 2 is 1.55 bits per heavy atom. The molecule has 3 N–H and O–H groups in total. The van der Waals surface area contributed by atoms with Crippen molar-refractivity contribution in [3.8, 4) is 11.4 Å². The lowest BCUT2D eigenvalue weighted by Crippen LogP contribution is -2.30. The molecule has 49 heavy (non-hydrogen) atoms. The Hall–Kier alpha value is -5.81. The Morgan fingerprint density at radius 1 is 0.878 bits per heavy atom. The number of ether oxygens (including phenoxy) is 1. The molecule has 0 bridgehead atoms. The van der Waals surface area contributed by atoms with Crippen molar-refractivity contribution in [1.82, 2.24) is 14.7 Å². The summed E-state index contributed by atoms with van der Waals surface area (Å²) in [5, 5.41) is 7.86. The molecule has 0 aliphatic heterocycles. The third-order valence-corrected chi connectivity index (χ3v) is 8.72. The first-order valence-electron chi connectivity index (χ1n) is 15.7. The first-order chi connectivity index (χ1) is 23.7. The van der Waals surface area contributed by atoms with Crippen molar-refractivity contribution in [3.05, 3.63) is 142 Å². The number of aromatic nitrogens is 2. The predicted octanol–water partition coefficient (Wildman–Crippen LogP) is 6.41. The summed E-state index contributed by atoms with van der Waals surface area (Å²) in [4.78, 5) is 54.0. The lowest BCUT2D eigenvalue weighted by molar-refractivity contribution is -0.115. The molecule has 4 aromatic carbocycles. The van der Waals surface area contributed by atoms with Crippen molar-refractivity contribution in [3.63, 3.8) is 0 Å². The molecule has 250 valence electrons. The number of carbonyl (C=O) groups is 3. The number of carbonyl (C=O) groups excluding carboxylic acids is 3. The van der Waals surface area contributed by atoms with Crippen LogP contribution in [0.3, 0.4) is 0 Å². The highest BCUT2D eigenvalue weighted by atomic mass is 32.2. The Morgan fingerprint density at radius 3 is 2.27 bits per heavy atom. The number of hydrogen-bond donors (Lipinski definition) is 3. The maximum atomic E-state index is 13.7. The van der Waals surface area contributed by atoms with E-state index in [0.717, 1.165) is 0 Å². The molecular weight excluding hydrogens is 639 g/mol. The number of hydrogen-bond acceptors (Lipinski definition) is 6. The first kappa shape index (κ1) is 34.5. The monoisotopic (exact) mass is 675 g/mol. The third kappa shape index (κ3) is 8.38. The van der Waals surface area contributed by atoms with Gasteiger partial charge in [-0.15, -0.1) is 11.8 Å². The lowest BCUT2D eigenvalue weighted by Gasteiger charge is -2.14. The van der Waals surface area contributed by atoms with Gasteiger partial charge in [-0.3, -0.25) is 23.9 Å².